The molecular weight excluding hydrogens is 451 g/mol. The van der Waals surface area contributed by atoms with Crippen molar-refractivity contribution in [1.82, 2.24) is 24.5 Å². The van der Waals surface area contributed by atoms with Gasteiger partial charge in [0.15, 0.2) is 11.2 Å². The number of fused-ring (bicyclic) bond motifs is 1. The molecule has 4 aromatic rings. The summed E-state index contributed by atoms with van der Waals surface area (Å²) in [6.07, 6.45) is -3.47. The van der Waals surface area contributed by atoms with Gasteiger partial charge in [-0.15, -0.1) is 5.10 Å². The molecule has 2 heterocycles. The van der Waals surface area contributed by atoms with Crippen LogP contribution in [0.2, 0.25) is 0 Å². The molecule has 0 bridgehead atoms. The maximum absolute atomic E-state index is 13.7. The van der Waals surface area contributed by atoms with E-state index in [1.807, 2.05) is 0 Å². The predicted octanol–water partition coefficient (Wildman–Crippen LogP) is 2.97. The first-order chi connectivity index (χ1) is 15.6. The average molecular weight is 464 g/mol. The number of amides is 1. The molecule has 0 aliphatic rings. The Hall–Kier alpha value is -4.16. The fraction of sp³-hybridized carbons (Fsp3) is 0.150. The summed E-state index contributed by atoms with van der Waals surface area (Å²) in [4.78, 5) is 28.8. The standard InChI is InChI=1S/C20H13F5N6O2/c21-13-4-5-15(14(22)7-13)27-16(32)9-30-10-26-18-17(19(30)33)28-29-31(18)8-11-2-1-3-12(6-11)20(23,24)25/h1-7,10H,8-9H2,(H,27,32). The number of hydrogen-bond acceptors (Lipinski definition) is 5. The minimum atomic E-state index is -4.51. The molecule has 1 amide bonds. The summed E-state index contributed by atoms with van der Waals surface area (Å²) in [5.74, 6) is -2.58. The molecule has 2 aromatic carbocycles. The Balaban J connectivity index is 1.55. The minimum Gasteiger partial charge on any atom is -0.322 e. The first-order valence-corrected chi connectivity index (χ1v) is 9.31. The van der Waals surface area contributed by atoms with Crippen LogP contribution in [0.1, 0.15) is 11.1 Å². The van der Waals surface area contributed by atoms with E-state index in [1.165, 1.54) is 12.1 Å². The van der Waals surface area contributed by atoms with Gasteiger partial charge in [-0.2, -0.15) is 13.2 Å². The van der Waals surface area contributed by atoms with Gasteiger partial charge in [0, 0.05) is 6.07 Å². The lowest BCUT2D eigenvalue weighted by atomic mass is 10.1. The van der Waals surface area contributed by atoms with Gasteiger partial charge in [-0.25, -0.2) is 18.4 Å². The molecule has 0 saturated heterocycles. The van der Waals surface area contributed by atoms with Gasteiger partial charge in [0.25, 0.3) is 5.56 Å². The third-order valence-electron chi connectivity index (χ3n) is 4.60. The van der Waals surface area contributed by atoms with Crippen LogP contribution in [0.5, 0.6) is 0 Å². The SMILES string of the molecule is O=C(Cn1cnc2c(nnn2Cc2cccc(C(F)(F)F)c2)c1=O)Nc1ccc(F)cc1F. The molecule has 1 N–H and O–H groups in total. The highest BCUT2D eigenvalue weighted by atomic mass is 19.4. The van der Waals surface area contributed by atoms with Gasteiger partial charge in [-0.1, -0.05) is 17.3 Å². The zero-order chi connectivity index (χ0) is 23.8. The number of nitrogens with one attached hydrogen (secondary N) is 1. The van der Waals surface area contributed by atoms with E-state index in [1.54, 1.807) is 0 Å². The van der Waals surface area contributed by atoms with Crippen molar-refractivity contribution in [2.24, 2.45) is 0 Å². The molecule has 170 valence electrons. The number of benzene rings is 2. The molecule has 33 heavy (non-hydrogen) atoms. The Morgan fingerprint density at radius 1 is 1.09 bits per heavy atom. The van der Waals surface area contributed by atoms with Crippen molar-refractivity contribution in [2.45, 2.75) is 19.3 Å². The predicted molar refractivity (Wildman–Crippen MR) is 105 cm³/mol. The zero-order valence-corrected chi connectivity index (χ0v) is 16.5. The second-order valence-electron chi connectivity index (χ2n) is 6.97. The molecule has 0 atom stereocenters. The summed E-state index contributed by atoms with van der Waals surface area (Å²) in [7, 11) is 0. The fourth-order valence-corrected chi connectivity index (χ4v) is 3.06. The largest absolute Gasteiger partial charge is 0.416 e. The van der Waals surface area contributed by atoms with Crippen molar-refractivity contribution < 1.29 is 26.7 Å². The summed E-state index contributed by atoms with van der Waals surface area (Å²) in [5.41, 5.74) is -1.75. The smallest absolute Gasteiger partial charge is 0.322 e. The molecule has 0 spiro atoms. The number of alkyl halides is 3. The molecule has 0 saturated carbocycles. The maximum atomic E-state index is 13.7. The molecule has 4 rings (SSSR count). The van der Waals surface area contributed by atoms with Crippen molar-refractivity contribution in [3.63, 3.8) is 0 Å². The quantitative estimate of drug-likeness (QED) is 0.459. The minimum absolute atomic E-state index is 0.0126. The normalized spacial score (nSPS) is 11.7. The van der Waals surface area contributed by atoms with Gasteiger partial charge in [0.2, 0.25) is 5.91 Å². The lowest BCUT2D eigenvalue weighted by molar-refractivity contribution is -0.137. The molecule has 0 radical (unpaired) electrons. The van der Waals surface area contributed by atoms with Crippen molar-refractivity contribution in [2.75, 3.05) is 5.32 Å². The van der Waals surface area contributed by atoms with Gasteiger partial charge in [0.1, 0.15) is 24.5 Å². The number of carbonyl (C=O) groups is 1. The second kappa shape index (κ2) is 8.41. The summed E-state index contributed by atoms with van der Waals surface area (Å²) in [6.45, 7) is -0.666. The van der Waals surface area contributed by atoms with Crippen LogP contribution < -0.4 is 10.9 Å². The zero-order valence-electron chi connectivity index (χ0n) is 16.5. The van der Waals surface area contributed by atoms with E-state index >= 15 is 0 Å². The Kier molecular flexibility index (Phi) is 5.62. The third-order valence-corrected chi connectivity index (χ3v) is 4.60. The average Bonchev–Trinajstić information content (AvgIpc) is 3.15. The van der Waals surface area contributed by atoms with Gasteiger partial charge in [0.05, 0.1) is 17.8 Å². The Bertz CT molecular complexity index is 1410. The van der Waals surface area contributed by atoms with E-state index in [9.17, 15) is 31.5 Å². The number of aromatic nitrogens is 5. The Morgan fingerprint density at radius 3 is 2.61 bits per heavy atom. The number of carbonyl (C=O) groups excluding carboxylic acids is 1. The number of halogens is 5. The van der Waals surface area contributed by atoms with Crippen molar-refractivity contribution in [3.8, 4) is 0 Å². The topological polar surface area (TPSA) is 94.7 Å². The number of hydrogen-bond donors (Lipinski definition) is 1. The lowest BCUT2D eigenvalue weighted by Gasteiger charge is -2.09. The first kappa shape index (κ1) is 22.0. The van der Waals surface area contributed by atoms with E-state index in [0.29, 0.717) is 6.07 Å². The fourth-order valence-electron chi connectivity index (χ4n) is 3.06. The van der Waals surface area contributed by atoms with E-state index in [2.05, 4.69) is 20.6 Å². The molecule has 0 aliphatic carbocycles. The van der Waals surface area contributed by atoms with Crippen LogP contribution in [-0.4, -0.2) is 30.5 Å². The van der Waals surface area contributed by atoms with E-state index in [0.717, 1.165) is 39.8 Å². The van der Waals surface area contributed by atoms with Crippen LogP contribution in [0.4, 0.5) is 27.6 Å². The molecule has 0 unspecified atom stereocenters. The van der Waals surface area contributed by atoms with Gasteiger partial charge >= 0.3 is 6.18 Å². The molecular formula is C20H13F5N6O2. The second-order valence-corrected chi connectivity index (χ2v) is 6.97. The molecule has 8 nitrogen and oxygen atoms in total. The van der Waals surface area contributed by atoms with Crippen LogP contribution >= 0.6 is 0 Å². The van der Waals surface area contributed by atoms with E-state index in [-0.39, 0.29) is 29.0 Å². The van der Waals surface area contributed by atoms with Gasteiger partial charge < -0.3 is 5.32 Å². The molecule has 0 aliphatic heterocycles. The summed E-state index contributed by atoms with van der Waals surface area (Å²) < 4.78 is 67.5. The summed E-state index contributed by atoms with van der Waals surface area (Å²) in [5, 5.41) is 9.71. The lowest BCUT2D eigenvalue weighted by Crippen LogP contribution is -2.28. The van der Waals surface area contributed by atoms with Gasteiger partial charge in [-0.05, 0) is 29.8 Å². The summed E-state index contributed by atoms with van der Waals surface area (Å²) >= 11 is 0. The van der Waals surface area contributed by atoms with Crippen LogP contribution in [0.25, 0.3) is 11.2 Å². The van der Waals surface area contributed by atoms with Crippen LogP contribution in [0.15, 0.2) is 53.6 Å². The Morgan fingerprint density at radius 2 is 1.88 bits per heavy atom. The van der Waals surface area contributed by atoms with Crippen LogP contribution in [0, 0.1) is 11.6 Å². The van der Waals surface area contributed by atoms with Crippen molar-refractivity contribution in [3.05, 3.63) is 81.9 Å². The van der Waals surface area contributed by atoms with Gasteiger partial charge in [-0.3, -0.25) is 14.2 Å². The highest BCUT2D eigenvalue weighted by molar-refractivity contribution is 5.90. The number of anilines is 1. The first-order valence-electron chi connectivity index (χ1n) is 9.31. The van der Waals surface area contributed by atoms with Crippen molar-refractivity contribution >= 4 is 22.8 Å². The highest BCUT2D eigenvalue weighted by Gasteiger charge is 2.30. The Labute approximate surface area is 181 Å². The molecule has 0 fully saturated rings. The molecule has 2 aromatic heterocycles. The monoisotopic (exact) mass is 464 g/mol. The van der Waals surface area contributed by atoms with Crippen molar-refractivity contribution in [1.29, 1.82) is 0 Å². The van der Waals surface area contributed by atoms with Crippen LogP contribution in [0.3, 0.4) is 0 Å². The number of nitrogens with zero attached hydrogens (tertiary/aromatic N) is 5. The summed E-state index contributed by atoms with van der Waals surface area (Å²) in [6, 6.07) is 7.19. The van der Waals surface area contributed by atoms with E-state index < -0.39 is 41.4 Å². The van der Waals surface area contributed by atoms with E-state index in [4.69, 9.17) is 0 Å². The highest BCUT2D eigenvalue weighted by Crippen LogP contribution is 2.29. The van der Waals surface area contributed by atoms with Crippen LogP contribution in [-0.2, 0) is 24.1 Å². The third kappa shape index (κ3) is 4.71. The maximum Gasteiger partial charge on any atom is 0.416 e. The number of rotatable bonds is 5. The molecule has 13 heteroatoms.